The number of hydrogen-bond acceptors (Lipinski definition) is 6. The highest BCUT2D eigenvalue weighted by molar-refractivity contribution is 7.99. The van der Waals surface area contributed by atoms with Crippen molar-refractivity contribution >= 4 is 45.7 Å². The van der Waals surface area contributed by atoms with E-state index in [1.165, 1.54) is 11.8 Å². The molecule has 9 heteroatoms. The van der Waals surface area contributed by atoms with Crippen molar-refractivity contribution in [1.29, 1.82) is 0 Å². The maximum absolute atomic E-state index is 12.5. The molecule has 0 aromatic rings. The Hall–Kier alpha value is -0.310. The van der Waals surface area contributed by atoms with Gasteiger partial charge in [0.15, 0.2) is 21.2 Å². The summed E-state index contributed by atoms with van der Waals surface area (Å²) in [5.41, 5.74) is 8.83. The summed E-state index contributed by atoms with van der Waals surface area (Å²) < 4.78 is 25.0. The lowest BCUT2D eigenvalue weighted by molar-refractivity contribution is -0.131. The highest BCUT2D eigenvalue weighted by Crippen LogP contribution is 2.20. The molecular weight excluding hydrogens is 348 g/mol. The molecule has 1 atom stereocenters. The fourth-order valence-electron chi connectivity index (χ4n) is 2.13. The molecule has 0 aliphatic rings. The normalized spacial score (nSPS) is 14.2. The number of sulfone groups is 1. The molecule has 1 amide bonds. The number of nitrogens with two attached hydrogens (primary N) is 2. The van der Waals surface area contributed by atoms with Gasteiger partial charge in [-0.3, -0.25) is 9.59 Å². The maximum Gasteiger partial charge on any atom is 0.246 e. The fraction of sp³-hybridized carbons (Fsp3) is 0.846. The average molecular weight is 375 g/mol. The minimum absolute atomic E-state index is 0. The summed E-state index contributed by atoms with van der Waals surface area (Å²) in [6.45, 7) is 3.78. The van der Waals surface area contributed by atoms with E-state index in [9.17, 15) is 18.0 Å². The first-order chi connectivity index (χ1) is 9.65. The van der Waals surface area contributed by atoms with Crippen molar-refractivity contribution in [2.75, 3.05) is 17.8 Å². The van der Waals surface area contributed by atoms with E-state index in [2.05, 4.69) is 0 Å². The number of carbonyl (C=O) groups is 2. The van der Waals surface area contributed by atoms with Gasteiger partial charge in [0.25, 0.3) is 0 Å². The number of amides is 1. The topological polar surface area (TPSA) is 120 Å². The SMILES string of the molecule is CCCC(CCC)S(=O)(=O)C[C@](N)(C(N)=O)C(=O)CSC.Cl. The number of rotatable bonds is 11. The summed E-state index contributed by atoms with van der Waals surface area (Å²) in [6, 6.07) is 0. The van der Waals surface area contributed by atoms with E-state index in [0.29, 0.717) is 25.7 Å². The molecule has 132 valence electrons. The van der Waals surface area contributed by atoms with Crippen LogP contribution in [-0.2, 0) is 19.4 Å². The summed E-state index contributed by atoms with van der Waals surface area (Å²) >= 11 is 1.18. The molecule has 4 N–H and O–H groups in total. The number of thioether (sulfide) groups is 1. The van der Waals surface area contributed by atoms with Gasteiger partial charge in [-0.1, -0.05) is 26.7 Å². The molecule has 0 saturated heterocycles. The van der Waals surface area contributed by atoms with Crippen LogP contribution in [0.2, 0.25) is 0 Å². The molecule has 0 rings (SSSR count). The molecule has 0 saturated carbocycles. The van der Waals surface area contributed by atoms with E-state index in [-0.39, 0.29) is 18.2 Å². The lowest BCUT2D eigenvalue weighted by atomic mass is 9.98. The minimum Gasteiger partial charge on any atom is -0.368 e. The fourth-order valence-corrected chi connectivity index (χ4v) is 5.01. The molecule has 0 aromatic heterocycles. The lowest BCUT2D eigenvalue weighted by Gasteiger charge is -2.26. The Kier molecular flexibility index (Phi) is 11.4. The van der Waals surface area contributed by atoms with Crippen LogP contribution < -0.4 is 11.5 Å². The van der Waals surface area contributed by atoms with Crippen molar-refractivity contribution in [2.24, 2.45) is 11.5 Å². The molecule has 0 aromatic carbocycles. The zero-order chi connectivity index (χ0) is 16.7. The van der Waals surface area contributed by atoms with Gasteiger partial charge in [-0.05, 0) is 19.1 Å². The van der Waals surface area contributed by atoms with Crippen LogP contribution >= 0.6 is 24.2 Å². The predicted molar refractivity (Wildman–Crippen MR) is 94.1 cm³/mol. The summed E-state index contributed by atoms with van der Waals surface area (Å²) in [4.78, 5) is 23.6. The van der Waals surface area contributed by atoms with Crippen LogP contribution in [0.5, 0.6) is 0 Å². The zero-order valence-corrected chi connectivity index (χ0v) is 15.8. The van der Waals surface area contributed by atoms with Crippen LogP contribution in [0, 0.1) is 0 Å². The van der Waals surface area contributed by atoms with Gasteiger partial charge in [-0.25, -0.2) is 8.42 Å². The van der Waals surface area contributed by atoms with E-state index in [1.807, 2.05) is 13.8 Å². The third-order valence-electron chi connectivity index (χ3n) is 3.37. The van der Waals surface area contributed by atoms with Gasteiger partial charge in [0.05, 0.1) is 16.8 Å². The van der Waals surface area contributed by atoms with Gasteiger partial charge in [0.1, 0.15) is 0 Å². The number of halogens is 1. The highest BCUT2D eigenvalue weighted by Gasteiger charge is 2.45. The summed E-state index contributed by atoms with van der Waals surface area (Å²) in [7, 11) is -3.67. The molecule has 22 heavy (non-hydrogen) atoms. The third kappa shape index (κ3) is 6.44. The van der Waals surface area contributed by atoms with E-state index >= 15 is 0 Å². The predicted octanol–water partition coefficient (Wildman–Crippen LogP) is 0.907. The molecule has 6 nitrogen and oxygen atoms in total. The Labute approximate surface area is 143 Å². The van der Waals surface area contributed by atoms with Crippen LogP contribution in [0.15, 0.2) is 0 Å². The van der Waals surface area contributed by atoms with E-state index < -0.39 is 38.1 Å². The molecule has 0 unspecified atom stereocenters. The van der Waals surface area contributed by atoms with Crippen molar-refractivity contribution in [2.45, 2.75) is 50.3 Å². The second kappa shape index (κ2) is 10.5. The average Bonchev–Trinajstić information content (AvgIpc) is 2.37. The summed E-state index contributed by atoms with van der Waals surface area (Å²) in [5, 5.41) is -0.586. The summed E-state index contributed by atoms with van der Waals surface area (Å²) in [5.74, 6) is -2.48. The maximum atomic E-state index is 12.5. The molecule has 0 aliphatic carbocycles. The summed E-state index contributed by atoms with van der Waals surface area (Å²) in [6.07, 6.45) is 4.06. The second-order valence-electron chi connectivity index (χ2n) is 5.20. The monoisotopic (exact) mass is 374 g/mol. The molecule has 0 spiro atoms. The van der Waals surface area contributed by atoms with Gasteiger partial charge in [0.2, 0.25) is 5.91 Å². The standard InChI is InChI=1S/C13H26N2O4S2.ClH/c1-4-6-10(7-5-2)21(18,19)9-13(15,12(14)17)11(16)8-20-3;/h10H,4-9,15H2,1-3H3,(H2,14,17);1H/t13-;/m1./s1. The van der Waals surface area contributed by atoms with Crippen molar-refractivity contribution in [3.05, 3.63) is 0 Å². The number of hydrogen-bond donors (Lipinski definition) is 2. The lowest BCUT2D eigenvalue weighted by Crippen LogP contribution is -2.63. The van der Waals surface area contributed by atoms with Gasteiger partial charge in [-0.15, -0.1) is 12.4 Å². The number of Topliss-reactive ketones (excluding diaryl/α,β-unsaturated/α-hetero) is 1. The quantitative estimate of drug-likeness (QED) is 0.518. The second-order valence-corrected chi connectivity index (χ2v) is 8.35. The third-order valence-corrected chi connectivity index (χ3v) is 6.27. The van der Waals surface area contributed by atoms with E-state index in [0.717, 1.165) is 0 Å². The first-order valence-corrected chi connectivity index (χ1v) is 10.1. The molecule has 0 heterocycles. The largest absolute Gasteiger partial charge is 0.368 e. The Morgan fingerprint density at radius 2 is 1.64 bits per heavy atom. The molecule has 0 fully saturated rings. The van der Waals surface area contributed by atoms with E-state index in [1.54, 1.807) is 6.26 Å². The van der Waals surface area contributed by atoms with Crippen LogP contribution in [-0.4, -0.2) is 48.7 Å². The van der Waals surface area contributed by atoms with Crippen LogP contribution in [0.1, 0.15) is 39.5 Å². The van der Waals surface area contributed by atoms with Crippen LogP contribution in [0.4, 0.5) is 0 Å². The molecule has 0 radical (unpaired) electrons. The Balaban J connectivity index is 0. The Morgan fingerprint density at radius 1 is 1.18 bits per heavy atom. The van der Waals surface area contributed by atoms with Gasteiger partial charge < -0.3 is 11.5 Å². The minimum atomic E-state index is -3.67. The van der Waals surface area contributed by atoms with Crippen molar-refractivity contribution in [1.82, 2.24) is 0 Å². The van der Waals surface area contributed by atoms with Crippen LogP contribution in [0.25, 0.3) is 0 Å². The first kappa shape index (κ1) is 23.9. The van der Waals surface area contributed by atoms with Gasteiger partial charge in [-0.2, -0.15) is 11.8 Å². The Morgan fingerprint density at radius 3 is 1.95 bits per heavy atom. The Bertz CT molecular complexity index is 465. The number of primary amides is 1. The number of carbonyl (C=O) groups excluding carboxylic acids is 2. The van der Waals surface area contributed by atoms with E-state index in [4.69, 9.17) is 11.5 Å². The van der Waals surface area contributed by atoms with Crippen molar-refractivity contribution in [3.8, 4) is 0 Å². The molecular formula is C13H27ClN2O4S2. The molecule has 0 aliphatic heterocycles. The first-order valence-electron chi connectivity index (χ1n) is 6.98. The zero-order valence-electron chi connectivity index (χ0n) is 13.3. The van der Waals surface area contributed by atoms with Crippen molar-refractivity contribution in [3.63, 3.8) is 0 Å². The van der Waals surface area contributed by atoms with Gasteiger partial charge in [0, 0.05) is 0 Å². The smallest absolute Gasteiger partial charge is 0.246 e. The molecule has 0 bridgehead atoms. The van der Waals surface area contributed by atoms with Crippen LogP contribution in [0.3, 0.4) is 0 Å². The van der Waals surface area contributed by atoms with Crippen molar-refractivity contribution < 1.29 is 18.0 Å². The highest BCUT2D eigenvalue weighted by atomic mass is 35.5. The van der Waals surface area contributed by atoms with Gasteiger partial charge >= 0.3 is 0 Å². The number of ketones is 1.